The molecule has 2 heterocycles. The van der Waals surface area contributed by atoms with Gasteiger partial charge in [-0.05, 0) is 68.8 Å². The summed E-state index contributed by atoms with van der Waals surface area (Å²) in [5.74, 6) is -0.562. The Kier molecular flexibility index (Phi) is 12.6. The number of carbonyl (C=O) groups excluding carboxylic acids is 4. The summed E-state index contributed by atoms with van der Waals surface area (Å²) in [4.78, 5) is 57.2. The van der Waals surface area contributed by atoms with E-state index in [0.29, 0.717) is 30.8 Å². The van der Waals surface area contributed by atoms with E-state index in [1.807, 2.05) is 107 Å². The number of hydrogen-bond acceptors (Lipinski definition) is 6. The highest BCUT2D eigenvalue weighted by molar-refractivity contribution is 5.95. The molecule has 4 N–H and O–H groups in total. The number of nitrogens with one attached hydrogen (secondary N) is 4. The highest BCUT2D eigenvalue weighted by Gasteiger charge is 2.46. The number of carbonyl (C=O) groups is 4. The summed E-state index contributed by atoms with van der Waals surface area (Å²) < 4.78 is 5.97. The molecular formula is C38H51N5O5. The first-order valence-electron chi connectivity index (χ1n) is 17.0. The molecule has 1 aromatic heterocycles. The summed E-state index contributed by atoms with van der Waals surface area (Å²) in [6.45, 7) is 11.2. The normalized spacial score (nSPS) is 18.6. The predicted octanol–water partition coefficient (Wildman–Crippen LogP) is 4.81. The molecule has 0 saturated carbocycles. The summed E-state index contributed by atoms with van der Waals surface area (Å²) in [7, 11) is 1.68. The van der Waals surface area contributed by atoms with Crippen LogP contribution in [0.4, 0.5) is 0 Å². The number of benzene rings is 2. The first-order chi connectivity index (χ1) is 23.0. The van der Waals surface area contributed by atoms with Gasteiger partial charge in [-0.1, -0.05) is 94.8 Å². The Bertz CT molecular complexity index is 1480. The first kappa shape index (κ1) is 36.4. The number of rotatable bonds is 14. The third-order valence-corrected chi connectivity index (χ3v) is 9.43. The third-order valence-electron chi connectivity index (χ3n) is 9.43. The van der Waals surface area contributed by atoms with Gasteiger partial charge < -0.3 is 30.6 Å². The molecule has 6 atom stereocenters. The van der Waals surface area contributed by atoms with Gasteiger partial charge in [-0.15, -0.1) is 0 Å². The van der Waals surface area contributed by atoms with Gasteiger partial charge in [0.1, 0.15) is 29.6 Å². The van der Waals surface area contributed by atoms with Gasteiger partial charge in [0.15, 0.2) is 0 Å². The van der Waals surface area contributed by atoms with Crippen LogP contribution in [0.3, 0.4) is 0 Å². The average Bonchev–Trinajstić information content (AvgIpc) is 3.74. The van der Waals surface area contributed by atoms with Crippen LogP contribution in [0, 0.1) is 18.8 Å². The van der Waals surface area contributed by atoms with Crippen LogP contribution in [0.1, 0.15) is 88.6 Å². The summed E-state index contributed by atoms with van der Waals surface area (Å²) in [5.41, 5.74) is 1.84. The third kappa shape index (κ3) is 8.52. The molecule has 10 heteroatoms. The fourth-order valence-corrected chi connectivity index (χ4v) is 6.20. The number of amides is 4. The number of likely N-dealkylation sites (tertiary alicyclic amines) is 1. The van der Waals surface area contributed by atoms with Gasteiger partial charge >= 0.3 is 0 Å². The van der Waals surface area contributed by atoms with E-state index in [9.17, 15) is 19.2 Å². The lowest BCUT2D eigenvalue weighted by Gasteiger charge is -2.35. The van der Waals surface area contributed by atoms with Gasteiger partial charge in [0.25, 0.3) is 0 Å². The number of likely N-dealkylation sites (N-methyl/N-ethyl adjacent to an activating group) is 1. The molecule has 2 aromatic carbocycles. The Morgan fingerprint density at radius 3 is 1.90 bits per heavy atom. The molecule has 4 unspecified atom stereocenters. The number of furan rings is 1. The van der Waals surface area contributed by atoms with E-state index in [1.54, 1.807) is 18.9 Å². The van der Waals surface area contributed by atoms with Gasteiger partial charge in [0.05, 0.1) is 18.1 Å². The monoisotopic (exact) mass is 657 g/mol. The van der Waals surface area contributed by atoms with Crippen LogP contribution in [0.2, 0.25) is 0 Å². The van der Waals surface area contributed by atoms with E-state index in [1.165, 1.54) is 0 Å². The minimum atomic E-state index is -0.869. The van der Waals surface area contributed by atoms with Crippen LogP contribution in [-0.4, -0.2) is 59.7 Å². The lowest BCUT2D eigenvalue weighted by molar-refractivity contribution is -0.145. The molecule has 10 nitrogen and oxygen atoms in total. The van der Waals surface area contributed by atoms with Crippen LogP contribution >= 0.6 is 0 Å². The molecule has 0 bridgehead atoms. The van der Waals surface area contributed by atoms with Crippen molar-refractivity contribution in [2.24, 2.45) is 11.8 Å². The van der Waals surface area contributed by atoms with E-state index < -0.39 is 42.2 Å². The van der Waals surface area contributed by atoms with E-state index >= 15 is 0 Å². The smallest absolute Gasteiger partial charge is 0.246 e. The maximum atomic E-state index is 14.4. The first-order valence-corrected chi connectivity index (χ1v) is 17.0. The molecular weight excluding hydrogens is 606 g/mol. The maximum Gasteiger partial charge on any atom is 0.246 e. The zero-order valence-corrected chi connectivity index (χ0v) is 29.2. The van der Waals surface area contributed by atoms with Gasteiger partial charge in [-0.3, -0.25) is 19.2 Å². The molecule has 48 heavy (non-hydrogen) atoms. The van der Waals surface area contributed by atoms with Gasteiger partial charge in [0, 0.05) is 0 Å². The summed E-state index contributed by atoms with van der Waals surface area (Å²) >= 11 is 0. The lowest BCUT2D eigenvalue weighted by Crippen LogP contribution is -2.59. The van der Waals surface area contributed by atoms with Gasteiger partial charge in [-0.25, -0.2) is 0 Å². The minimum Gasteiger partial charge on any atom is -0.464 e. The molecule has 1 saturated heterocycles. The minimum absolute atomic E-state index is 0.194. The molecule has 3 aromatic rings. The molecule has 4 rings (SSSR count). The van der Waals surface area contributed by atoms with Crippen molar-refractivity contribution >= 4 is 23.6 Å². The molecule has 1 aliphatic heterocycles. The SMILES string of the molecule is CCC(C)C(NC(=O)[C@@H]1CC[C@H](c2ccc(C)o2)N1C(=O)C(NC(=O)C(C)NC)C(C)C)C(=O)NC(c1ccccc1)c1ccccc1. The molecule has 258 valence electrons. The second-order valence-corrected chi connectivity index (χ2v) is 13.2. The van der Waals surface area contributed by atoms with Crippen molar-refractivity contribution in [2.45, 2.75) is 97.1 Å². The zero-order chi connectivity index (χ0) is 35.0. The van der Waals surface area contributed by atoms with Crippen molar-refractivity contribution in [2.75, 3.05) is 7.05 Å². The van der Waals surface area contributed by atoms with Crippen molar-refractivity contribution in [3.63, 3.8) is 0 Å². The van der Waals surface area contributed by atoms with Crippen LogP contribution in [0.25, 0.3) is 0 Å². The van der Waals surface area contributed by atoms with Crippen LogP contribution in [-0.2, 0) is 19.2 Å². The van der Waals surface area contributed by atoms with E-state index in [-0.39, 0.29) is 29.6 Å². The predicted molar refractivity (Wildman–Crippen MR) is 186 cm³/mol. The fraction of sp³-hybridized carbons (Fsp3) is 0.474. The van der Waals surface area contributed by atoms with Crippen molar-refractivity contribution < 1.29 is 23.6 Å². The Labute approximate surface area is 284 Å². The maximum absolute atomic E-state index is 14.4. The van der Waals surface area contributed by atoms with Crippen LogP contribution < -0.4 is 21.3 Å². The fourth-order valence-electron chi connectivity index (χ4n) is 6.20. The molecule has 1 aliphatic rings. The largest absolute Gasteiger partial charge is 0.464 e. The Balaban J connectivity index is 1.63. The zero-order valence-electron chi connectivity index (χ0n) is 29.2. The van der Waals surface area contributed by atoms with Crippen molar-refractivity contribution in [3.8, 4) is 0 Å². The lowest BCUT2D eigenvalue weighted by atomic mass is 9.94. The van der Waals surface area contributed by atoms with Crippen LogP contribution in [0.5, 0.6) is 0 Å². The quantitative estimate of drug-likeness (QED) is 0.197. The van der Waals surface area contributed by atoms with Crippen molar-refractivity contribution in [1.82, 2.24) is 26.2 Å². The Hall–Kier alpha value is -4.44. The molecule has 0 aliphatic carbocycles. The van der Waals surface area contributed by atoms with Crippen LogP contribution in [0.15, 0.2) is 77.2 Å². The second-order valence-electron chi connectivity index (χ2n) is 13.2. The Morgan fingerprint density at radius 2 is 1.40 bits per heavy atom. The number of nitrogens with zero attached hydrogens (tertiary/aromatic N) is 1. The summed E-state index contributed by atoms with van der Waals surface area (Å²) in [6.07, 6.45) is 1.51. The number of aryl methyl sites for hydroxylation is 1. The molecule has 4 amide bonds. The van der Waals surface area contributed by atoms with Gasteiger partial charge in [0.2, 0.25) is 23.6 Å². The van der Waals surface area contributed by atoms with E-state index in [2.05, 4.69) is 21.3 Å². The highest BCUT2D eigenvalue weighted by atomic mass is 16.3. The standard InChI is InChI=1S/C38H51N5O5/c1-8-24(4)33(37(46)42-34(27-15-11-9-12-16-27)28-17-13-10-14-18-28)41-36(45)30-21-20-29(31-22-19-25(5)48-31)43(30)38(47)32(23(2)3)40-35(44)26(6)39-7/h9-19,22-24,26,29-30,32-34,39H,8,20-21H2,1-7H3,(H,40,44)(H,41,45)(H,42,46)/t24?,26?,29-,30+,32?,33?/m1/s1. The molecule has 1 fully saturated rings. The summed E-state index contributed by atoms with van der Waals surface area (Å²) in [5, 5.41) is 12.1. The summed E-state index contributed by atoms with van der Waals surface area (Å²) in [6, 6.07) is 19.1. The number of hydrogen-bond donors (Lipinski definition) is 4. The Morgan fingerprint density at radius 1 is 0.792 bits per heavy atom. The molecule has 0 radical (unpaired) electrons. The van der Waals surface area contributed by atoms with E-state index in [4.69, 9.17) is 4.42 Å². The van der Waals surface area contributed by atoms with Crippen molar-refractivity contribution in [1.29, 1.82) is 0 Å². The average molecular weight is 658 g/mol. The van der Waals surface area contributed by atoms with E-state index in [0.717, 1.165) is 11.1 Å². The molecule has 0 spiro atoms. The van der Waals surface area contributed by atoms with Crippen molar-refractivity contribution in [3.05, 3.63) is 95.4 Å². The highest BCUT2D eigenvalue weighted by Crippen LogP contribution is 2.38. The second kappa shape index (κ2) is 16.6. The topological polar surface area (TPSA) is 133 Å². The van der Waals surface area contributed by atoms with Gasteiger partial charge in [-0.2, -0.15) is 0 Å².